The molecule has 0 aliphatic heterocycles. The molecule has 0 saturated heterocycles. The first kappa shape index (κ1) is 32.8. The van der Waals surface area contributed by atoms with Crippen LogP contribution in [0, 0.1) is 11.8 Å². The maximum absolute atomic E-state index is 13.1. The summed E-state index contributed by atoms with van der Waals surface area (Å²) in [5, 5.41) is 3.47. The fourth-order valence-electron chi connectivity index (χ4n) is 3.34. The van der Waals surface area contributed by atoms with Crippen molar-refractivity contribution in [3.05, 3.63) is 64.8 Å². The molecule has 1 unspecified atom stereocenters. The number of hydrogen-bond donors (Lipinski definition) is 1. The zero-order valence-electron chi connectivity index (χ0n) is 23.0. The Hall–Kier alpha value is -3.18. The van der Waals surface area contributed by atoms with Gasteiger partial charge < -0.3 is 15.1 Å². The minimum absolute atomic E-state index is 0.190. The standard InChI is InChI=1S/C20H24ClF3N4O.C9H14/c1-5-15(12-26-18-9-6-13(11-25-18)20(22,23)24)28(4)19(29)16-10-14(21)7-8-17(16)27(2)3;1-3-5-7-9-8-6-4-2/h6-11,15H,5,12H2,1-4H3,(H,25,26);7,9H,3-5H2,1-2H3/b;9-7-. The number of unbranched alkanes of at least 4 members (excludes halogenated alkanes) is 1. The molecule has 5 nitrogen and oxygen atoms in total. The molecule has 0 bridgehead atoms. The normalized spacial score (nSPS) is 11.6. The third kappa shape index (κ3) is 11.1. The predicted octanol–water partition coefficient (Wildman–Crippen LogP) is 7.54. The number of alkyl halides is 3. The van der Waals surface area contributed by atoms with Gasteiger partial charge in [-0.15, -0.1) is 0 Å². The lowest BCUT2D eigenvalue weighted by molar-refractivity contribution is -0.137. The molecule has 0 saturated carbocycles. The molecule has 1 atom stereocenters. The van der Waals surface area contributed by atoms with Gasteiger partial charge in [0.2, 0.25) is 0 Å². The summed E-state index contributed by atoms with van der Waals surface area (Å²) in [5.41, 5.74) is 0.425. The Balaban J connectivity index is 0.000000686. The van der Waals surface area contributed by atoms with Crippen molar-refractivity contribution in [2.75, 3.05) is 37.9 Å². The first-order valence-electron chi connectivity index (χ1n) is 12.6. The molecule has 0 aliphatic carbocycles. The van der Waals surface area contributed by atoms with Crippen molar-refractivity contribution in [3.63, 3.8) is 0 Å². The lowest BCUT2D eigenvalue weighted by Crippen LogP contribution is -2.41. The van der Waals surface area contributed by atoms with Crippen molar-refractivity contribution in [2.24, 2.45) is 0 Å². The fraction of sp³-hybridized carbons (Fsp3) is 0.448. The molecule has 208 valence electrons. The van der Waals surface area contributed by atoms with Crippen LogP contribution < -0.4 is 10.2 Å². The van der Waals surface area contributed by atoms with Crippen LogP contribution in [0.25, 0.3) is 0 Å². The summed E-state index contributed by atoms with van der Waals surface area (Å²) in [6, 6.07) is 7.20. The number of anilines is 2. The zero-order chi connectivity index (χ0) is 28.7. The van der Waals surface area contributed by atoms with E-state index in [1.165, 1.54) is 12.5 Å². The molecule has 0 radical (unpaired) electrons. The number of aromatic nitrogens is 1. The Kier molecular flexibility index (Phi) is 14.4. The topological polar surface area (TPSA) is 48.5 Å². The summed E-state index contributed by atoms with van der Waals surface area (Å²) >= 11 is 6.08. The first-order valence-corrected chi connectivity index (χ1v) is 13.0. The van der Waals surface area contributed by atoms with E-state index in [4.69, 9.17) is 11.6 Å². The molecule has 9 heteroatoms. The highest BCUT2D eigenvalue weighted by Crippen LogP contribution is 2.29. The monoisotopic (exact) mass is 550 g/mol. The minimum atomic E-state index is -4.43. The smallest absolute Gasteiger partial charge is 0.377 e. The minimum Gasteiger partial charge on any atom is -0.377 e. The molecule has 0 aliphatic rings. The van der Waals surface area contributed by atoms with Crippen LogP contribution in [0.2, 0.25) is 5.02 Å². The molecule has 38 heavy (non-hydrogen) atoms. The third-order valence-corrected chi connectivity index (χ3v) is 5.79. The number of likely N-dealkylation sites (N-methyl/N-ethyl adjacent to an activating group) is 1. The predicted molar refractivity (Wildman–Crippen MR) is 152 cm³/mol. The van der Waals surface area contributed by atoms with Crippen molar-refractivity contribution in [3.8, 4) is 11.8 Å². The van der Waals surface area contributed by atoms with Crippen LogP contribution >= 0.6 is 11.6 Å². The fourth-order valence-corrected chi connectivity index (χ4v) is 3.51. The van der Waals surface area contributed by atoms with Gasteiger partial charge in [0.15, 0.2) is 0 Å². The van der Waals surface area contributed by atoms with Crippen LogP contribution in [0.15, 0.2) is 48.7 Å². The molecular weight excluding hydrogens is 513 g/mol. The molecule has 1 heterocycles. The van der Waals surface area contributed by atoms with E-state index in [1.54, 1.807) is 30.1 Å². The Morgan fingerprint density at radius 2 is 1.87 bits per heavy atom. The van der Waals surface area contributed by atoms with E-state index in [9.17, 15) is 18.0 Å². The number of rotatable bonds is 9. The number of pyridine rings is 1. The van der Waals surface area contributed by atoms with Gasteiger partial charge in [0.05, 0.1) is 11.1 Å². The van der Waals surface area contributed by atoms with Gasteiger partial charge in [-0.2, -0.15) is 13.2 Å². The molecule has 1 aromatic carbocycles. The summed E-state index contributed by atoms with van der Waals surface area (Å²) < 4.78 is 37.9. The van der Waals surface area contributed by atoms with Crippen LogP contribution in [0.1, 0.15) is 62.4 Å². The number of benzene rings is 1. The second-order valence-corrected chi connectivity index (χ2v) is 9.15. The summed E-state index contributed by atoms with van der Waals surface area (Å²) in [6.45, 7) is 6.49. The molecule has 0 fully saturated rings. The molecule has 2 aromatic rings. The van der Waals surface area contributed by atoms with Crippen molar-refractivity contribution in [1.29, 1.82) is 0 Å². The quantitative estimate of drug-likeness (QED) is 0.328. The lowest BCUT2D eigenvalue weighted by atomic mass is 10.1. The average molecular weight is 551 g/mol. The number of hydrogen-bond acceptors (Lipinski definition) is 4. The van der Waals surface area contributed by atoms with E-state index in [0.29, 0.717) is 29.4 Å². The van der Waals surface area contributed by atoms with E-state index in [1.807, 2.05) is 32.0 Å². The Morgan fingerprint density at radius 3 is 2.39 bits per heavy atom. The number of allylic oxidation sites excluding steroid dienone is 2. The summed E-state index contributed by atoms with van der Waals surface area (Å²) in [4.78, 5) is 20.3. The van der Waals surface area contributed by atoms with Crippen molar-refractivity contribution in [1.82, 2.24) is 9.88 Å². The molecule has 2 rings (SSSR count). The van der Waals surface area contributed by atoms with Gasteiger partial charge in [0.1, 0.15) is 5.82 Å². The highest BCUT2D eigenvalue weighted by atomic mass is 35.5. The van der Waals surface area contributed by atoms with Gasteiger partial charge in [-0.1, -0.05) is 56.7 Å². The number of amides is 1. The molecular formula is C29H38ClF3N4O. The lowest BCUT2D eigenvalue weighted by Gasteiger charge is -2.29. The van der Waals surface area contributed by atoms with Crippen molar-refractivity contribution >= 4 is 29.0 Å². The van der Waals surface area contributed by atoms with Gasteiger partial charge in [0.25, 0.3) is 5.91 Å². The SMILES string of the molecule is CCC#C/C=C\CCC.CCC(CNc1ccc(C(F)(F)F)cn1)N(C)C(=O)c1cc(Cl)ccc1N(C)C. The van der Waals surface area contributed by atoms with Gasteiger partial charge in [0, 0.05) is 57.1 Å². The molecule has 1 aromatic heterocycles. The van der Waals surface area contributed by atoms with E-state index in [0.717, 1.165) is 30.8 Å². The van der Waals surface area contributed by atoms with Crippen LogP contribution in [0.5, 0.6) is 0 Å². The van der Waals surface area contributed by atoms with Gasteiger partial charge in [-0.3, -0.25) is 4.79 Å². The van der Waals surface area contributed by atoms with Gasteiger partial charge in [-0.05, 0) is 49.2 Å². The molecule has 0 spiro atoms. The Bertz CT molecular complexity index is 1090. The number of halogens is 4. The highest BCUT2D eigenvalue weighted by Gasteiger charge is 2.30. The number of nitrogens with one attached hydrogen (secondary N) is 1. The molecule has 1 amide bonds. The van der Waals surface area contributed by atoms with Crippen LogP contribution in [0.3, 0.4) is 0 Å². The average Bonchev–Trinajstić information content (AvgIpc) is 2.88. The maximum atomic E-state index is 13.1. The van der Waals surface area contributed by atoms with Crippen LogP contribution in [-0.4, -0.2) is 49.5 Å². The second-order valence-electron chi connectivity index (χ2n) is 8.71. The van der Waals surface area contributed by atoms with Crippen molar-refractivity contribution in [2.45, 2.75) is 58.7 Å². The van der Waals surface area contributed by atoms with E-state index in [-0.39, 0.29) is 11.9 Å². The number of nitrogens with zero attached hydrogens (tertiary/aromatic N) is 3. The van der Waals surface area contributed by atoms with Crippen LogP contribution in [0.4, 0.5) is 24.7 Å². The number of carbonyl (C=O) groups is 1. The maximum Gasteiger partial charge on any atom is 0.417 e. The first-order chi connectivity index (χ1) is 18.0. The van der Waals surface area contributed by atoms with Crippen LogP contribution in [-0.2, 0) is 6.18 Å². The Morgan fingerprint density at radius 1 is 1.16 bits per heavy atom. The zero-order valence-corrected chi connectivity index (χ0v) is 23.7. The van der Waals surface area contributed by atoms with Gasteiger partial charge >= 0.3 is 6.18 Å². The summed E-state index contributed by atoms with van der Waals surface area (Å²) in [5.74, 6) is 6.03. The summed E-state index contributed by atoms with van der Waals surface area (Å²) in [7, 11) is 5.38. The summed E-state index contributed by atoms with van der Waals surface area (Å²) in [6.07, 6.45) is 4.38. The highest BCUT2D eigenvalue weighted by molar-refractivity contribution is 6.31. The van der Waals surface area contributed by atoms with Gasteiger partial charge in [-0.25, -0.2) is 4.98 Å². The molecule has 1 N–H and O–H groups in total. The largest absolute Gasteiger partial charge is 0.417 e. The van der Waals surface area contributed by atoms with E-state index >= 15 is 0 Å². The second kappa shape index (κ2) is 16.6. The number of carbonyl (C=O) groups excluding carboxylic acids is 1. The van der Waals surface area contributed by atoms with Crippen molar-refractivity contribution < 1.29 is 18.0 Å². The third-order valence-electron chi connectivity index (χ3n) is 5.56. The van der Waals surface area contributed by atoms with E-state index in [2.05, 4.69) is 42.1 Å². The Labute approximate surface area is 230 Å². The van der Waals surface area contributed by atoms with E-state index < -0.39 is 11.7 Å².